The maximum atomic E-state index is 13.6. The van der Waals surface area contributed by atoms with E-state index in [1.165, 1.54) is 36.4 Å². The molecule has 2 aromatic carbocycles. The van der Waals surface area contributed by atoms with Gasteiger partial charge in [0, 0.05) is 6.54 Å². The molecule has 8 heteroatoms. The summed E-state index contributed by atoms with van der Waals surface area (Å²) in [6.45, 7) is 2.41. The molecule has 1 aliphatic rings. The van der Waals surface area contributed by atoms with E-state index in [2.05, 4.69) is 5.32 Å². The second kappa shape index (κ2) is 8.57. The van der Waals surface area contributed by atoms with Crippen LogP contribution in [-0.4, -0.2) is 48.6 Å². The lowest BCUT2D eigenvalue weighted by Crippen LogP contribution is -2.45. The fourth-order valence-corrected chi connectivity index (χ4v) is 3.31. The molecule has 154 valence electrons. The number of nitrogens with zero attached hydrogens (tertiary/aromatic N) is 2. The van der Waals surface area contributed by atoms with Crippen molar-refractivity contribution in [3.05, 3.63) is 65.7 Å². The standard InChI is InChI=1S/C21H23F2N3O3/c1-3-21(15-8-10-16(22)11-9-15)19(27)26(20(28)24-21)14-25(2)12-13-29-18-7-5-4-6-17(18)23/h4-11H,3,12-14H2,1-2H3,(H,24,28)/t21-/m0/s1. The van der Waals surface area contributed by atoms with Crippen LogP contribution in [0.25, 0.3) is 0 Å². The van der Waals surface area contributed by atoms with Crippen molar-refractivity contribution in [3.8, 4) is 5.75 Å². The van der Waals surface area contributed by atoms with Crippen LogP contribution in [-0.2, 0) is 10.3 Å². The third-order valence-electron chi connectivity index (χ3n) is 4.99. The van der Waals surface area contributed by atoms with Crippen LogP contribution >= 0.6 is 0 Å². The van der Waals surface area contributed by atoms with Crippen molar-refractivity contribution in [2.75, 3.05) is 26.9 Å². The first-order valence-electron chi connectivity index (χ1n) is 9.33. The molecule has 0 aromatic heterocycles. The van der Waals surface area contributed by atoms with Crippen LogP contribution in [0.3, 0.4) is 0 Å². The molecule has 1 heterocycles. The summed E-state index contributed by atoms with van der Waals surface area (Å²) in [4.78, 5) is 28.4. The van der Waals surface area contributed by atoms with Gasteiger partial charge in [-0.1, -0.05) is 31.2 Å². The monoisotopic (exact) mass is 403 g/mol. The molecule has 3 amide bonds. The summed E-state index contributed by atoms with van der Waals surface area (Å²) in [5.74, 6) is -1.10. The molecule has 2 aromatic rings. The average Bonchev–Trinajstić information content (AvgIpc) is 2.95. The molecule has 0 spiro atoms. The van der Waals surface area contributed by atoms with Crippen LogP contribution in [0, 0.1) is 11.6 Å². The van der Waals surface area contributed by atoms with Gasteiger partial charge in [-0.3, -0.25) is 9.69 Å². The highest BCUT2D eigenvalue weighted by Gasteiger charge is 2.51. The maximum absolute atomic E-state index is 13.6. The van der Waals surface area contributed by atoms with Crippen LogP contribution in [0.2, 0.25) is 0 Å². The SMILES string of the molecule is CC[C@@]1(c2ccc(F)cc2)NC(=O)N(CN(C)CCOc2ccccc2F)C1=O. The van der Waals surface area contributed by atoms with Gasteiger partial charge in [0.15, 0.2) is 11.6 Å². The molecule has 1 fully saturated rings. The van der Waals surface area contributed by atoms with Crippen molar-refractivity contribution in [1.29, 1.82) is 0 Å². The van der Waals surface area contributed by atoms with Crippen molar-refractivity contribution >= 4 is 11.9 Å². The summed E-state index contributed by atoms with van der Waals surface area (Å²) in [6, 6.07) is 11.1. The fraction of sp³-hybridized carbons (Fsp3) is 0.333. The number of benzene rings is 2. The molecule has 1 saturated heterocycles. The minimum Gasteiger partial charge on any atom is -0.489 e. The average molecular weight is 403 g/mol. The minimum atomic E-state index is -1.21. The molecule has 1 atom stereocenters. The predicted molar refractivity (Wildman–Crippen MR) is 103 cm³/mol. The van der Waals surface area contributed by atoms with Crippen LogP contribution in [0.5, 0.6) is 5.75 Å². The molecule has 1 N–H and O–H groups in total. The zero-order chi connectivity index (χ0) is 21.0. The van der Waals surface area contributed by atoms with Gasteiger partial charge in [-0.05, 0) is 43.3 Å². The topological polar surface area (TPSA) is 61.9 Å². The number of imide groups is 1. The first-order chi connectivity index (χ1) is 13.9. The van der Waals surface area contributed by atoms with Gasteiger partial charge in [0.05, 0.1) is 6.67 Å². The highest BCUT2D eigenvalue weighted by molar-refractivity contribution is 6.07. The molecule has 0 bridgehead atoms. The molecular weight excluding hydrogens is 380 g/mol. The Bertz CT molecular complexity index is 891. The number of ether oxygens (including phenoxy) is 1. The number of carbonyl (C=O) groups is 2. The van der Waals surface area contributed by atoms with Gasteiger partial charge in [0.25, 0.3) is 5.91 Å². The third-order valence-corrected chi connectivity index (χ3v) is 4.99. The number of amides is 3. The largest absolute Gasteiger partial charge is 0.489 e. The van der Waals surface area contributed by atoms with Crippen molar-refractivity contribution < 1.29 is 23.1 Å². The molecule has 0 aliphatic carbocycles. The maximum Gasteiger partial charge on any atom is 0.326 e. The van der Waals surface area contributed by atoms with E-state index in [4.69, 9.17) is 4.74 Å². The Morgan fingerprint density at radius 2 is 1.79 bits per heavy atom. The van der Waals surface area contributed by atoms with Crippen molar-refractivity contribution in [1.82, 2.24) is 15.1 Å². The number of para-hydroxylation sites is 1. The van der Waals surface area contributed by atoms with Crippen molar-refractivity contribution in [3.63, 3.8) is 0 Å². The van der Waals surface area contributed by atoms with Crippen molar-refractivity contribution in [2.45, 2.75) is 18.9 Å². The molecule has 29 heavy (non-hydrogen) atoms. The van der Waals surface area contributed by atoms with Crippen LogP contribution in [0.15, 0.2) is 48.5 Å². The third kappa shape index (κ3) is 4.22. The Kier molecular flexibility index (Phi) is 6.12. The second-order valence-corrected chi connectivity index (χ2v) is 6.93. The highest BCUT2D eigenvalue weighted by Crippen LogP contribution is 2.32. The molecule has 0 radical (unpaired) electrons. The normalized spacial score (nSPS) is 19.0. The number of nitrogens with one attached hydrogen (secondary N) is 1. The van der Waals surface area contributed by atoms with Gasteiger partial charge < -0.3 is 10.1 Å². The van der Waals surface area contributed by atoms with E-state index >= 15 is 0 Å². The summed E-state index contributed by atoms with van der Waals surface area (Å²) in [7, 11) is 1.73. The highest BCUT2D eigenvalue weighted by atomic mass is 19.1. The predicted octanol–water partition coefficient (Wildman–Crippen LogP) is 3.09. The lowest BCUT2D eigenvalue weighted by molar-refractivity contribution is -0.133. The summed E-state index contributed by atoms with van der Waals surface area (Å²) >= 11 is 0. The van der Waals surface area contributed by atoms with Crippen LogP contribution in [0.4, 0.5) is 13.6 Å². The Labute approximate surface area is 168 Å². The number of urea groups is 1. The molecule has 0 unspecified atom stereocenters. The number of rotatable bonds is 8. The summed E-state index contributed by atoms with van der Waals surface area (Å²) in [6.07, 6.45) is 0.333. The van der Waals surface area contributed by atoms with Gasteiger partial charge in [0.1, 0.15) is 18.0 Å². The molecule has 0 saturated carbocycles. The Morgan fingerprint density at radius 3 is 2.45 bits per heavy atom. The van der Waals surface area contributed by atoms with Gasteiger partial charge in [-0.2, -0.15) is 0 Å². The van der Waals surface area contributed by atoms with Gasteiger partial charge >= 0.3 is 6.03 Å². The van der Waals surface area contributed by atoms with Crippen LogP contribution < -0.4 is 10.1 Å². The van der Waals surface area contributed by atoms with Gasteiger partial charge in [-0.25, -0.2) is 18.5 Å². The Morgan fingerprint density at radius 1 is 1.10 bits per heavy atom. The smallest absolute Gasteiger partial charge is 0.326 e. The van der Waals surface area contributed by atoms with E-state index < -0.39 is 29.1 Å². The van der Waals surface area contributed by atoms with E-state index in [1.807, 2.05) is 0 Å². The van der Waals surface area contributed by atoms with E-state index in [0.29, 0.717) is 18.5 Å². The fourth-order valence-electron chi connectivity index (χ4n) is 3.31. The first-order valence-corrected chi connectivity index (χ1v) is 9.33. The number of hydrogen-bond donors (Lipinski definition) is 1. The molecule has 1 aliphatic heterocycles. The number of halogens is 2. The number of carbonyl (C=O) groups excluding carboxylic acids is 2. The quantitative estimate of drug-likeness (QED) is 0.688. The Hall–Kier alpha value is -3.00. The summed E-state index contributed by atoms with van der Waals surface area (Å²) in [5.41, 5.74) is -0.678. The molecule has 6 nitrogen and oxygen atoms in total. The van der Waals surface area contributed by atoms with Crippen LogP contribution in [0.1, 0.15) is 18.9 Å². The summed E-state index contributed by atoms with van der Waals surface area (Å²) < 4.78 is 32.3. The number of likely N-dealkylation sites (N-methyl/N-ethyl adjacent to an activating group) is 1. The van der Waals surface area contributed by atoms with Gasteiger partial charge in [-0.15, -0.1) is 0 Å². The zero-order valence-electron chi connectivity index (χ0n) is 16.3. The lowest BCUT2D eigenvalue weighted by Gasteiger charge is -2.27. The first kappa shape index (κ1) is 20.7. The second-order valence-electron chi connectivity index (χ2n) is 6.93. The van der Waals surface area contributed by atoms with E-state index in [0.717, 1.165) is 4.90 Å². The van der Waals surface area contributed by atoms with Gasteiger partial charge in [0.2, 0.25) is 0 Å². The molecular formula is C21H23F2N3O3. The molecule has 3 rings (SSSR count). The van der Waals surface area contributed by atoms with E-state index in [9.17, 15) is 18.4 Å². The Balaban J connectivity index is 1.63. The minimum absolute atomic E-state index is 0.0498. The lowest BCUT2D eigenvalue weighted by atomic mass is 9.87. The zero-order valence-corrected chi connectivity index (χ0v) is 16.3. The van der Waals surface area contributed by atoms with E-state index in [-0.39, 0.29) is 19.0 Å². The number of hydrogen-bond acceptors (Lipinski definition) is 4. The van der Waals surface area contributed by atoms with E-state index in [1.54, 1.807) is 31.0 Å². The summed E-state index contributed by atoms with van der Waals surface area (Å²) in [5, 5.41) is 2.75. The van der Waals surface area contributed by atoms with Crippen molar-refractivity contribution in [2.24, 2.45) is 0 Å².